The van der Waals surface area contributed by atoms with E-state index in [2.05, 4.69) is 8.37 Å². The number of carbonyl (C=O) groups is 1. The van der Waals surface area contributed by atoms with Crippen molar-refractivity contribution in [1.29, 1.82) is 0 Å². The van der Waals surface area contributed by atoms with Crippen LogP contribution in [0.25, 0.3) is 0 Å². The fourth-order valence-electron chi connectivity index (χ4n) is 4.81. The molecule has 3 aliphatic rings. The van der Waals surface area contributed by atoms with Crippen LogP contribution in [-0.2, 0) is 57.6 Å². The average molecular weight is 671 g/mol. The third-order valence-electron chi connectivity index (χ3n) is 7.07. The molecule has 0 saturated carbocycles. The second-order valence-corrected chi connectivity index (χ2v) is 12.2. The molecule has 0 aliphatic carbocycles. The van der Waals surface area contributed by atoms with Crippen LogP contribution in [0.5, 0.6) is 0 Å². The van der Waals surface area contributed by atoms with Gasteiger partial charge in [0.1, 0.15) is 36.6 Å². The summed E-state index contributed by atoms with van der Waals surface area (Å²) < 4.78 is 98.4. The van der Waals surface area contributed by atoms with Crippen LogP contribution in [0.4, 0.5) is 0 Å². The zero-order valence-electron chi connectivity index (χ0n) is 22.5. The lowest BCUT2D eigenvalue weighted by Gasteiger charge is -2.45. The molecule has 0 aromatic rings. The van der Waals surface area contributed by atoms with Crippen LogP contribution in [-0.4, -0.2) is 150 Å². The van der Waals surface area contributed by atoms with Crippen LogP contribution in [0.15, 0.2) is 11.8 Å². The quantitative estimate of drug-likeness (QED) is 0.0915. The molecule has 2 fully saturated rings. The third-order valence-corrected chi connectivity index (χ3v) is 7.97. The van der Waals surface area contributed by atoms with E-state index in [4.69, 9.17) is 32.8 Å². The Balaban J connectivity index is 1.80. The topological polar surface area (TPSA) is 312 Å². The molecule has 0 spiro atoms. The minimum Gasteiger partial charge on any atom is -0.475 e. The first kappa shape index (κ1) is 35.9. The Kier molecular flexibility index (Phi) is 11.9. The molecule has 20 nitrogen and oxygen atoms in total. The number of hydrogen-bond acceptors (Lipinski definition) is 17. The number of carboxylic acid groups (broad SMARTS) is 1. The van der Waals surface area contributed by atoms with Crippen LogP contribution in [0.1, 0.15) is 13.8 Å². The van der Waals surface area contributed by atoms with Crippen molar-refractivity contribution in [2.45, 2.75) is 81.4 Å². The van der Waals surface area contributed by atoms with Gasteiger partial charge in [0.25, 0.3) is 0 Å². The standard InChI is InChI=1S/C21H34O20S2/c1-7-9(4-35-20-16(25)11(22)3-12(40-20)19(27)28)10(15(24)13(38-7)6-37-42(29,30)31)5-36-21-17(26)18(41-43(32,33)34)14(23)8(2)39-21/h3,7-11,13-18,20-26H,4-6H2,1-2H3,(H,27,28)(H,29,30,31)(H,32,33,34)/t7?,8?,9?,10?,11?,13?,14-,15+,16?,17?,18?,20-,21-/m1/s1. The largest absolute Gasteiger partial charge is 0.475 e. The first-order chi connectivity index (χ1) is 19.8. The van der Waals surface area contributed by atoms with E-state index in [1.807, 2.05) is 0 Å². The van der Waals surface area contributed by atoms with Crippen molar-refractivity contribution >= 4 is 26.8 Å². The summed E-state index contributed by atoms with van der Waals surface area (Å²) >= 11 is 0. The number of aliphatic hydroxyl groups is 5. The lowest BCUT2D eigenvalue weighted by Crippen LogP contribution is -2.60. The maximum absolute atomic E-state index is 11.3. The molecule has 13 atom stereocenters. The minimum atomic E-state index is -5.14. The normalized spacial score (nSPS) is 40.9. The summed E-state index contributed by atoms with van der Waals surface area (Å²) in [6, 6.07) is 0. The Morgan fingerprint density at radius 3 is 1.98 bits per heavy atom. The van der Waals surface area contributed by atoms with E-state index in [0.29, 0.717) is 0 Å². The van der Waals surface area contributed by atoms with Crippen molar-refractivity contribution in [1.82, 2.24) is 0 Å². The number of aliphatic carboxylic acids is 1. The third kappa shape index (κ3) is 9.44. The summed E-state index contributed by atoms with van der Waals surface area (Å²) in [6.07, 6.45) is -16.8. The second-order valence-electron chi connectivity index (χ2n) is 10.1. The predicted molar refractivity (Wildman–Crippen MR) is 132 cm³/mol. The van der Waals surface area contributed by atoms with Crippen LogP contribution >= 0.6 is 0 Å². The van der Waals surface area contributed by atoms with E-state index < -0.39 is 132 Å². The smallest absolute Gasteiger partial charge is 0.397 e. The van der Waals surface area contributed by atoms with Crippen molar-refractivity contribution in [2.75, 3.05) is 19.8 Å². The Morgan fingerprint density at radius 1 is 0.791 bits per heavy atom. The van der Waals surface area contributed by atoms with Gasteiger partial charge in [-0.05, 0) is 19.9 Å². The molecule has 0 amide bonds. The molecular weight excluding hydrogens is 636 g/mol. The molecule has 0 bridgehead atoms. The number of rotatable bonds is 12. The number of aliphatic hydroxyl groups excluding tert-OH is 5. The molecule has 0 aromatic heterocycles. The molecular formula is C21H34O20S2. The average Bonchev–Trinajstić information content (AvgIpc) is 2.88. The fraction of sp³-hybridized carbons (Fsp3) is 0.857. The number of ether oxygens (including phenoxy) is 5. The Bertz CT molecular complexity index is 1210. The van der Waals surface area contributed by atoms with Crippen LogP contribution in [0.3, 0.4) is 0 Å². The summed E-state index contributed by atoms with van der Waals surface area (Å²) in [5, 5.41) is 61.1. The minimum absolute atomic E-state index is 0.461. The van der Waals surface area contributed by atoms with Gasteiger partial charge in [-0.1, -0.05) is 0 Å². The van der Waals surface area contributed by atoms with Crippen molar-refractivity contribution in [3.05, 3.63) is 11.8 Å². The molecule has 2 saturated heterocycles. The lowest BCUT2D eigenvalue weighted by molar-refractivity contribution is -0.300. The van der Waals surface area contributed by atoms with Crippen molar-refractivity contribution in [3.63, 3.8) is 0 Å². The number of hydrogen-bond donors (Lipinski definition) is 8. The van der Waals surface area contributed by atoms with Gasteiger partial charge in [0.15, 0.2) is 6.29 Å². The fourth-order valence-corrected chi connectivity index (χ4v) is 5.62. The zero-order valence-corrected chi connectivity index (χ0v) is 24.1. The molecule has 0 aromatic carbocycles. The van der Waals surface area contributed by atoms with Gasteiger partial charge in [-0.3, -0.25) is 9.11 Å². The van der Waals surface area contributed by atoms with E-state index in [0.717, 1.165) is 6.08 Å². The predicted octanol–water partition coefficient (Wildman–Crippen LogP) is -4.08. The molecule has 3 heterocycles. The Labute approximate surface area is 245 Å². The van der Waals surface area contributed by atoms with Gasteiger partial charge in [0.2, 0.25) is 12.0 Å². The summed E-state index contributed by atoms with van der Waals surface area (Å²) in [4.78, 5) is 11.3. The van der Waals surface area contributed by atoms with Gasteiger partial charge >= 0.3 is 26.8 Å². The highest BCUT2D eigenvalue weighted by Gasteiger charge is 2.49. The molecule has 250 valence electrons. The second kappa shape index (κ2) is 14.2. The van der Waals surface area contributed by atoms with Crippen LogP contribution in [0, 0.1) is 11.8 Å². The van der Waals surface area contributed by atoms with E-state index >= 15 is 0 Å². The van der Waals surface area contributed by atoms with Gasteiger partial charge < -0.3 is 54.3 Å². The monoisotopic (exact) mass is 670 g/mol. The van der Waals surface area contributed by atoms with E-state index in [1.54, 1.807) is 0 Å². The molecule has 3 rings (SSSR count). The summed E-state index contributed by atoms with van der Waals surface area (Å²) in [5.74, 6) is -4.33. The van der Waals surface area contributed by atoms with Crippen LogP contribution in [0.2, 0.25) is 0 Å². The zero-order chi connectivity index (χ0) is 32.4. The molecule has 43 heavy (non-hydrogen) atoms. The summed E-state index contributed by atoms with van der Waals surface area (Å²) in [5.41, 5.74) is 0. The van der Waals surface area contributed by atoms with Crippen molar-refractivity contribution in [2.24, 2.45) is 11.8 Å². The number of carboxylic acids is 1. The maximum Gasteiger partial charge on any atom is 0.397 e. The van der Waals surface area contributed by atoms with E-state index in [-0.39, 0.29) is 0 Å². The Hall–Kier alpha value is -1.61. The maximum atomic E-state index is 11.3. The van der Waals surface area contributed by atoms with Crippen molar-refractivity contribution in [3.8, 4) is 0 Å². The van der Waals surface area contributed by atoms with Gasteiger partial charge in [-0.15, -0.1) is 0 Å². The highest BCUT2D eigenvalue weighted by molar-refractivity contribution is 7.81. The lowest BCUT2D eigenvalue weighted by atomic mass is 9.80. The van der Waals surface area contributed by atoms with Gasteiger partial charge in [0, 0.05) is 11.8 Å². The van der Waals surface area contributed by atoms with Gasteiger partial charge in [0.05, 0.1) is 38.1 Å². The van der Waals surface area contributed by atoms with Crippen LogP contribution < -0.4 is 0 Å². The molecule has 8 N–H and O–H groups in total. The molecule has 0 radical (unpaired) electrons. The van der Waals surface area contributed by atoms with E-state index in [1.165, 1.54) is 13.8 Å². The highest BCUT2D eigenvalue weighted by Crippen LogP contribution is 2.35. The highest BCUT2D eigenvalue weighted by atomic mass is 32.3. The SMILES string of the molecule is CC1OC(COS(=O)(=O)O)[C@@H](O)C(CO[C@@H]2OC(C)[C@@H](O)C(OS(=O)(=O)O)C2O)C1CO[C@@H]1OC(C(=O)O)=CC(O)C1O. The first-order valence-electron chi connectivity index (χ1n) is 12.6. The summed E-state index contributed by atoms with van der Waals surface area (Å²) in [7, 11) is -10.1. The van der Waals surface area contributed by atoms with Crippen molar-refractivity contribution < 1.29 is 93.4 Å². The summed E-state index contributed by atoms with van der Waals surface area (Å²) in [6.45, 7) is 0.863. The van der Waals surface area contributed by atoms with E-state index in [9.17, 15) is 52.3 Å². The molecule has 22 heteroatoms. The van der Waals surface area contributed by atoms with Gasteiger partial charge in [-0.25, -0.2) is 13.2 Å². The van der Waals surface area contributed by atoms with Gasteiger partial charge in [-0.2, -0.15) is 16.8 Å². The molecule has 9 unspecified atom stereocenters. The molecule has 3 aliphatic heterocycles. The first-order valence-corrected chi connectivity index (χ1v) is 15.4. The Morgan fingerprint density at radius 2 is 1.40 bits per heavy atom.